The topological polar surface area (TPSA) is 30.0 Å². The van der Waals surface area contributed by atoms with Crippen molar-refractivity contribution in [2.75, 3.05) is 0 Å². The summed E-state index contributed by atoms with van der Waals surface area (Å²) in [6.45, 7) is 1.57. The summed E-state index contributed by atoms with van der Waals surface area (Å²) < 4.78 is 0. The average molecular weight is 293 g/mol. The third kappa shape index (κ3) is 3.09. The van der Waals surface area contributed by atoms with Crippen LogP contribution in [0.25, 0.3) is 10.4 Å². The summed E-state index contributed by atoms with van der Waals surface area (Å²) in [6.07, 6.45) is 0.745. The van der Waals surface area contributed by atoms with Crippen molar-refractivity contribution in [2.45, 2.75) is 13.3 Å². The highest BCUT2D eigenvalue weighted by atomic mass is 32.1. The molecule has 0 radical (unpaired) electrons. The van der Waals surface area contributed by atoms with Crippen LogP contribution in [0.5, 0.6) is 0 Å². The number of Topliss-reactive ketones (excluding diaryl/α,β-unsaturated/α-hetero) is 1. The molecule has 104 valence electrons. The van der Waals surface area contributed by atoms with E-state index in [1.165, 1.54) is 16.9 Å². The Hall–Kier alpha value is -2.26. The largest absolute Gasteiger partial charge is 0.292 e. The van der Waals surface area contributed by atoms with Gasteiger partial charge in [0, 0.05) is 13.3 Å². The van der Waals surface area contributed by atoms with Crippen molar-refractivity contribution in [1.82, 2.24) is 4.98 Å². The van der Waals surface area contributed by atoms with E-state index in [2.05, 4.69) is 29.2 Å². The van der Waals surface area contributed by atoms with Gasteiger partial charge in [-0.2, -0.15) is 0 Å². The molecule has 3 heteroatoms. The fourth-order valence-electron chi connectivity index (χ4n) is 2.23. The highest BCUT2D eigenvalue weighted by Gasteiger charge is 2.15. The van der Waals surface area contributed by atoms with E-state index in [0.717, 1.165) is 22.6 Å². The van der Waals surface area contributed by atoms with E-state index in [4.69, 9.17) is 0 Å². The Labute approximate surface area is 128 Å². The fraction of sp³-hybridized carbons (Fsp3) is 0.111. The van der Waals surface area contributed by atoms with Crippen LogP contribution >= 0.6 is 11.3 Å². The maximum Gasteiger partial charge on any atom is 0.188 e. The lowest BCUT2D eigenvalue weighted by molar-refractivity contribution is 0.101. The molecule has 3 aromatic rings. The van der Waals surface area contributed by atoms with Gasteiger partial charge in [-0.1, -0.05) is 60.7 Å². The third-order valence-corrected chi connectivity index (χ3v) is 4.50. The minimum atomic E-state index is 0.0245. The maximum atomic E-state index is 11.6. The SMILES string of the molecule is CC(=O)c1nc(Cc2ccccc2)c(-c2ccccc2)s1. The zero-order chi connectivity index (χ0) is 14.7. The van der Waals surface area contributed by atoms with Crippen LogP contribution in [0.15, 0.2) is 60.7 Å². The monoisotopic (exact) mass is 293 g/mol. The molecule has 1 heterocycles. The first kappa shape index (κ1) is 13.7. The van der Waals surface area contributed by atoms with Gasteiger partial charge >= 0.3 is 0 Å². The molecule has 1 aromatic heterocycles. The standard InChI is InChI=1S/C18H15NOS/c1-13(20)18-19-16(12-14-8-4-2-5-9-14)17(21-18)15-10-6-3-7-11-15/h2-11H,12H2,1H3. The summed E-state index contributed by atoms with van der Waals surface area (Å²) in [5.41, 5.74) is 3.30. The number of aromatic nitrogens is 1. The van der Waals surface area contributed by atoms with Crippen LogP contribution in [0, 0.1) is 0 Å². The van der Waals surface area contributed by atoms with Crippen LogP contribution in [-0.4, -0.2) is 10.8 Å². The summed E-state index contributed by atoms with van der Waals surface area (Å²) in [5.74, 6) is 0.0245. The molecule has 2 nitrogen and oxygen atoms in total. The number of hydrogen-bond acceptors (Lipinski definition) is 3. The molecule has 0 spiro atoms. The zero-order valence-corrected chi connectivity index (χ0v) is 12.6. The zero-order valence-electron chi connectivity index (χ0n) is 11.7. The van der Waals surface area contributed by atoms with E-state index in [-0.39, 0.29) is 5.78 Å². The molecule has 0 amide bonds. The lowest BCUT2D eigenvalue weighted by atomic mass is 10.1. The van der Waals surface area contributed by atoms with E-state index >= 15 is 0 Å². The van der Waals surface area contributed by atoms with Crippen molar-refractivity contribution < 1.29 is 4.79 Å². The Morgan fingerprint density at radius 2 is 1.62 bits per heavy atom. The molecule has 0 N–H and O–H groups in total. The number of carbonyl (C=O) groups excluding carboxylic acids is 1. The highest BCUT2D eigenvalue weighted by molar-refractivity contribution is 7.17. The van der Waals surface area contributed by atoms with E-state index in [9.17, 15) is 4.79 Å². The normalized spacial score (nSPS) is 10.5. The van der Waals surface area contributed by atoms with Gasteiger partial charge in [0.05, 0.1) is 10.6 Å². The van der Waals surface area contributed by atoms with E-state index < -0.39 is 0 Å². The minimum absolute atomic E-state index is 0.0245. The Balaban J connectivity index is 2.04. The van der Waals surface area contributed by atoms with Gasteiger partial charge in [0.25, 0.3) is 0 Å². The second kappa shape index (κ2) is 6.02. The Kier molecular flexibility index (Phi) is 3.93. The summed E-state index contributed by atoms with van der Waals surface area (Å²) >= 11 is 1.48. The lowest BCUT2D eigenvalue weighted by Gasteiger charge is -2.02. The maximum absolute atomic E-state index is 11.6. The molecule has 0 aliphatic heterocycles. The van der Waals surface area contributed by atoms with Gasteiger partial charge in [0.15, 0.2) is 10.8 Å². The van der Waals surface area contributed by atoms with Gasteiger partial charge in [0.1, 0.15) is 0 Å². The molecule has 2 aromatic carbocycles. The molecule has 0 saturated carbocycles. The Morgan fingerprint density at radius 3 is 2.24 bits per heavy atom. The van der Waals surface area contributed by atoms with Crippen molar-refractivity contribution in [3.63, 3.8) is 0 Å². The predicted molar refractivity (Wildman–Crippen MR) is 86.8 cm³/mol. The molecule has 3 rings (SSSR count). The first-order valence-corrected chi connectivity index (χ1v) is 7.65. The molecule has 0 atom stereocenters. The highest BCUT2D eigenvalue weighted by Crippen LogP contribution is 2.31. The van der Waals surface area contributed by atoms with Crippen LogP contribution in [0.3, 0.4) is 0 Å². The minimum Gasteiger partial charge on any atom is -0.292 e. The van der Waals surface area contributed by atoms with E-state index in [0.29, 0.717) is 5.01 Å². The van der Waals surface area contributed by atoms with Crippen molar-refractivity contribution in [2.24, 2.45) is 0 Å². The molecule has 21 heavy (non-hydrogen) atoms. The summed E-state index contributed by atoms with van der Waals surface area (Å²) in [5, 5.41) is 0.583. The number of thiazole rings is 1. The molecule has 0 fully saturated rings. The number of nitrogens with zero attached hydrogens (tertiary/aromatic N) is 1. The number of hydrogen-bond donors (Lipinski definition) is 0. The van der Waals surface area contributed by atoms with Crippen LogP contribution in [-0.2, 0) is 6.42 Å². The number of ketones is 1. The van der Waals surface area contributed by atoms with Gasteiger partial charge in [-0.15, -0.1) is 11.3 Å². The molecular weight excluding hydrogens is 278 g/mol. The van der Waals surface area contributed by atoms with Crippen molar-refractivity contribution >= 4 is 17.1 Å². The van der Waals surface area contributed by atoms with E-state index in [1.54, 1.807) is 6.92 Å². The molecule has 0 bridgehead atoms. The summed E-state index contributed by atoms with van der Waals surface area (Å²) in [7, 11) is 0. The first-order chi connectivity index (χ1) is 10.2. The molecule has 0 aliphatic carbocycles. The summed E-state index contributed by atoms with van der Waals surface area (Å²) in [6, 6.07) is 20.4. The van der Waals surface area contributed by atoms with Crippen LogP contribution in [0.1, 0.15) is 28.0 Å². The first-order valence-electron chi connectivity index (χ1n) is 6.84. The molecule has 0 unspecified atom stereocenters. The van der Waals surface area contributed by atoms with E-state index in [1.807, 2.05) is 36.4 Å². The number of carbonyl (C=O) groups is 1. The Morgan fingerprint density at radius 1 is 1.00 bits per heavy atom. The smallest absolute Gasteiger partial charge is 0.188 e. The van der Waals surface area contributed by atoms with Crippen molar-refractivity contribution in [3.05, 3.63) is 76.9 Å². The van der Waals surface area contributed by atoms with Crippen LogP contribution < -0.4 is 0 Å². The fourth-order valence-corrected chi connectivity index (χ4v) is 3.21. The summed E-state index contributed by atoms with van der Waals surface area (Å²) in [4.78, 5) is 17.3. The lowest BCUT2D eigenvalue weighted by Crippen LogP contribution is -1.94. The molecular formula is C18H15NOS. The van der Waals surface area contributed by atoms with Gasteiger partial charge in [-0.25, -0.2) is 4.98 Å². The van der Waals surface area contributed by atoms with Crippen LogP contribution in [0.4, 0.5) is 0 Å². The van der Waals surface area contributed by atoms with Gasteiger partial charge < -0.3 is 0 Å². The third-order valence-electron chi connectivity index (χ3n) is 3.25. The van der Waals surface area contributed by atoms with Gasteiger partial charge in [-0.3, -0.25) is 4.79 Å². The number of rotatable bonds is 4. The molecule has 0 saturated heterocycles. The second-order valence-electron chi connectivity index (χ2n) is 4.88. The van der Waals surface area contributed by atoms with Gasteiger partial charge in [-0.05, 0) is 11.1 Å². The quantitative estimate of drug-likeness (QED) is 0.658. The number of benzene rings is 2. The van der Waals surface area contributed by atoms with Crippen molar-refractivity contribution in [1.29, 1.82) is 0 Å². The Bertz CT molecular complexity index is 747. The average Bonchev–Trinajstić information content (AvgIpc) is 2.93. The molecule has 0 aliphatic rings. The predicted octanol–water partition coefficient (Wildman–Crippen LogP) is 4.60. The van der Waals surface area contributed by atoms with Gasteiger partial charge in [0.2, 0.25) is 0 Å². The van der Waals surface area contributed by atoms with Crippen LogP contribution in [0.2, 0.25) is 0 Å². The second-order valence-corrected chi connectivity index (χ2v) is 5.88. The van der Waals surface area contributed by atoms with Crippen molar-refractivity contribution in [3.8, 4) is 10.4 Å².